The Morgan fingerprint density at radius 2 is 2.24 bits per heavy atom. The van der Waals surface area contributed by atoms with Crippen molar-refractivity contribution in [3.63, 3.8) is 0 Å². The highest BCUT2D eigenvalue weighted by Crippen LogP contribution is 2.25. The van der Waals surface area contributed by atoms with Gasteiger partial charge in [-0.25, -0.2) is 13.4 Å². The molecule has 4 nitrogen and oxygen atoms in total. The van der Waals surface area contributed by atoms with Gasteiger partial charge in [-0.1, -0.05) is 23.4 Å². The van der Waals surface area contributed by atoms with Crippen LogP contribution >= 0.6 is 23.4 Å². The van der Waals surface area contributed by atoms with Gasteiger partial charge < -0.3 is 4.42 Å². The summed E-state index contributed by atoms with van der Waals surface area (Å²) in [7, 11) is -2.94. The van der Waals surface area contributed by atoms with E-state index < -0.39 is 9.84 Å². The van der Waals surface area contributed by atoms with Crippen LogP contribution in [0.3, 0.4) is 0 Å². The van der Waals surface area contributed by atoms with E-state index in [-0.39, 0.29) is 5.75 Å². The van der Waals surface area contributed by atoms with Gasteiger partial charge >= 0.3 is 0 Å². The van der Waals surface area contributed by atoms with Gasteiger partial charge in [0, 0.05) is 17.0 Å². The van der Waals surface area contributed by atoms with Gasteiger partial charge in [-0.3, -0.25) is 0 Å². The second kappa shape index (κ2) is 4.88. The summed E-state index contributed by atoms with van der Waals surface area (Å²) in [6.07, 6.45) is 1.21. The fourth-order valence-corrected chi connectivity index (χ4v) is 3.42. The molecule has 1 aromatic heterocycles. The molecule has 2 aromatic rings. The Labute approximate surface area is 108 Å². The number of nitrogens with zero attached hydrogens (tertiary/aromatic N) is 1. The second-order valence-corrected chi connectivity index (χ2v) is 7.31. The van der Waals surface area contributed by atoms with Crippen LogP contribution in [0.1, 0.15) is 0 Å². The molecule has 2 rings (SSSR count). The fourth-order valence-electron chi connectivity index (χ4n) is 1.22. The van der Waals surface area contributed by atoms with Crippen LogP contribution in [0.2, 0.25) is 5.02 Å². The highest BCUT2D eigenvalue weighted by Gasteiger charge is 2.08. The molecule has 1 aromatic carbocycles. The molecule has 0 bridgehead atoms. The maximum Gasteiger partial charge on any atom is 0.256 e. The minimum Gasteiger partial charge on any atom is -0.431 e. The van der Waals surface area contributed by atoms with Gasteiger partial charge in [0.1, 0.15) is 15.4 Å². The van der Waals surface area contributed by atoms with Crippen molar-refractivity contribution in [2.24, 2.45) is 0 Å². The Hall–Kier alpha value is -0.720. The number of fused-ring (bicyclic) bond motifs is 1. The molecule has 0 amide bonds. The number of hydrogen-bond donors (Lipinski definition) is 0. The van der Waals surface area contributed by atoms with Crippen LogP contribution in [0.15, 0.2) is 27.8 Å². The molecule has 17 heavy (non-hydrogen) atoms. The molecule has 0 radical (unpaired) electrons. The molecule has 0 aliphatic carbocycles. The fraction of sp³-hybridized carbons (Fsp3) is 0.300. The van der Waals surface area contributed by atoms with E-state index in [2.05, 4.69) is 4.98 Å². The molecule has 7 heteroatoms. The molecule has 0 fully saturated rings. The molecule has 0 saturated heterocycles. The van der Waals surface area contributed by atoms with Crippen molar-refractivity contribution in [3.05, 3.63) is 23.2 Å². The van der Waals surface area contributed by atoms with E-state index in [0.717, 1.165) is 0 Å². The predicted molar refractivity (Wildman–Crippen MR) is 69.5 cm³/mol. The lowest BCUT2D eigenvalue weighted by Crippen LogP contribution is -2.04. The van der Waals surface area contributed by atoms with Crippen molar-refractivity contribution in [2.75, 3.05) is 17.8 Å². The highest BCUT2D eigenvalue weighted by atomic mass is 35.5. The molecule has 0 unspecified atom stereocenters. The van der Waals surface area contributed by atoms with Gasteiger partial charge in [0.2, 0.25) is 0 Å². The average molecular weight is 292 g/mol. The van der Waals surface area contributed by atoms with E-state index in [0.29, 0.717) is 27.1 Å². The quantitative estimate of drug-likeness (QED) is 0.811. The van der Waals surface area contributed by atoms with Crippen molar-refractivity contribution in [1.82, 2.24) is 4.98 Å². The normalized spacial score (nSPS) is 12.1. The minimum absolute atomic E-state index is 0.108. The summed E-state index contributed by atoms with van der Waals surface area (Å²) in [5.74, 6) is 0.538. The molecule has 0 atom stereocenters. The standard InChI is InChI=1S/C10H10ClNO3S2/c1-17(13,14)5-4-16-10-12-8-6-7(11)2-3-9(8)15-10/h2-3,6H,4-5H2,1H3. The van der Waals surface area contributed by atoms with E-state index in [4.69, 9.17) is 16.0 Å². The Morgan fingerprint density at radius 3 is 2.94 bits per heavy atom. The molecular formula is C10H10ClNO3S2. The van der Waals surface area contributed by atoms with Crippen molar-refractivity contribution >= 4 is 44.3 Å². The largest absolute Gasteiger partial charge is 0.431 e. The highest BCUT2D eigenvalue weighted by molar-refractivity contribution is 8.00. The average Bonchev–Trinajstić information content (AvgIpc) is 2.57. The van der Waals surface area contributed by atoms with Crippen LogP contribution in [0.25, 0.3) is 11.1 Å². The molecule has 0 spiro atoms. The van der Waals surface area contributed by atoms with Crippen molar-refractivity contribution in [3.8, 4) is 0 Å². The Bertz CT molecular complexity index is 636. The minimum atomic E-state index is -2.94. The third kappa shape index (κ3) is 3.62. The molecule has 1 heterocycles. The van der Waals surface area contributed by atoms with Gasteiger partial charge in [-0.05, 0) is 18.2 Å². The molecule has 0 saturated carbocycles. The lowest BCUT2D eigenvalue weighted by atomic mass is 10.3. The number of oxazole rings is 1. The van der Waals surface area contributed by atoms with E-state index in [1.165, 1.54) is 18.0 Å². The molecule has 0 aliphatic heterocycles. The smallest absolute Gasteiger partial charge is 0.256 e. The summed E-state index contributed by atoms with van der Waals surface area (Å²) in [6, 6.07) is 5.17. The van der Waals surface area contributed by atoms with E-state index >= 15 is 0 Å². The first-order valence-corrected chi connectivity index (χ1v) is 8.23. The van der Waals surface area contributed by atoms with E-state index in [9.17, 15) is 8.42 Å². The third-order valence-electron chi connectivity index (χ3n) is 2.01. The van der Waals surface area contributed by atoms with E-state index in [1.54, 1.807) is 18.2 Å². The zero-order valence-electron chi connectivity index (χ0n) is 9.01. The number of thioether (sulfide) groups is 1. The number of aromatic nitrogens is 1. The monoisotopic (exact) mass is 291 g/mol. The SMILES string of the molecule is CS(=O)(=O)CCSc1nc2cc(Cl)ccc2o1. The zero-order chi connectivity index (χ0) is 12.5. The number of sulfone groups is 1. The predicted octanol–water partition coefficient (Wildman–Crippen LogP) is 2.62. The topological polar surface area (TPSA) is 60.2 Å². The van der Waals surface area contributed by atoms with Crippen LogP contribution in [-0.4, -0.2) is 31.2 Å². The molecule has 0 aliphatic rings. The van der Waals surface area contributed by atoms with Crippen LogP contribution in [0.5, 0.6) is 0 Å². The molecule has 0 N–H and O–H groups in total. The van der Waals surface area contributed by atoms with Crippen LogP contribution in [-0.2, 0) is 9.84 Å². The van der Waals surface area contributed by atoms with Gasteiger partial charge in [0.15, 0.2) is 5.58 Å². The first-order chi connectivity index (χ1) is 7.94. The first kappa shape index (κ1) is 12.7. The van der Waals surface area contributed by atoms with Crippen molar-refractivity contribution in [2.45, 2.75) is 5.22 Å². The number of hydrogen-bond acceptors (Lipinski definition) is 5. The van der Waals surface area contributed by atoms with Gasteiger partial charge in [-0.15, -0.1) is 0 Å². The Kier molecular flexibility index (Phi) is 3.65. The molecule has 92 valence electrons. The van der Waals surface area contributed by atoms with Crippen LogP contribution < -0.4 is 0 Å². The third-order valence-corrected chi connectivity index (χ3v) is 4.28. The van der Waals surface area contributed by atoms with Gasteiger partial charge in [-0.2, -0.15) is 0 Å². The second-order valence-electron chi connectivity index (χ2n) is 3.57. The number of rotatable bonds is 4. The zero-order valence-corrected chi connectivity index (χ0v) is 11.4. The summed E-state index contributed by atoms with van der Waals surface area (Å²) in [5, 5.41) is 1.06. The lowest BCUT2D eigenvalue weighted by Gasteiger charge is -1.94. The van der Waals surface area contributed by atoms with Crippen molar-refractivity contribution in [1.29, 1.82) is 0 Å². The lowest BCUT2D eigenvalue weighted by molar-refractivity contribution is 0.489. The van der Waals surface area contributed by atoms with Gasteiger partial charge in [0.05, 0.1) is 5.75 Å². The van der Waals surface area contributed by atoms with Crippen molar-refractivity contribution < 1.29 is 12.8 Å². The van der Waals surface area contributed by atoms with Gasteiger partial charge in [0.25, 0.3) is 5.22 Å². The summed E-state index contributed by atoms with van der Waals surface area (Å²) >= 11 is 7.10. The number of benzene rings is 1. The summed E-state index contributed by atoms with van der Waals surface area (Å²) in [5.41, 5.74) is 1.33. The van der Waals surface area contributed by atoms with E-state index in [1.807, 2.05) is 0 Å². The van der Waals surface area contributed by atoms with Crippen LogP contribution in [0, 0.1) is 0 Å². The first-order valence-electron chi connectivity index (χ1n) is 4.81. The Balaban J connectivity index is 2.09. The summed E-state index contributed by atoms with van der Waals surface area (Å²) in [6.45, 7) is 0. The number of halogens is 1. The summed E-state index contributed by atoms with van der Waals surface area (Å²) < 4.78 is 27.3. The van der Waals surface area contributed by atoms with Crippen LogP contribution in [0.4, 0.5) is 0 Å². The summed E-state index contributed by atoms with van der Waals surface area (Å²) in [4.78, 5) is 4.21. The Morgan fingerprint density at radius 1 is 1.47 bits per heavy atom. The molecular weight excluding hydrogens is 282 g/mol. The maximum absolute atomic E-state index is 11.0. The maximum atomic E-state index is 11.0.